The van der Waals surface area contributed by atoms with Gasteiger partial charge in [-0.3, -0.25) is 4.79 Å². The molecule has 2 rings (SSSR count). The summed E-state index contributed by atoms with van der Waals surface area (Å²) in [6.07, 6.45) is 9.47. The molecule has 106 valence electrons. The zero-order valence-corrected chi connectivity index (χ0v) is 11.8. The number of aryl methyl sites for hydroxylation is 1. The highest BCUT2D eigenvalue weighted by molar-refractivity contribution is 6.32. The lowest BCUT2D eigenvalue weighted by Crippen LogP contribution is -2.23. The van der Waals surface area contributed by atoms with Crippen molar-refractivity contribution in [1.82, 2.24) is 19.3 Å². The third kappa shape index (κ3) is 3.48. The zero-order valence-electron chi connectivity index (χ0n) is 11.0. The smallest absolute Gasteiger partial charge is 0.287 e. The maximum atomic E-state index is 11.9. The van der Waals surface area contributed by atoms with Crippen LogP contribution in [0.1, 0.15) is 6.42 Å². The molecule has 20 heavy (non-hydrogen) atoms. The van der Waals surface area contributed by atoms with Crippen molar-refractivity contribution < 1.29 is 0 Å². The lowest BCUT2D eigenvalue weighted by Gasteiger charge is -2.09. The molecule has 0 amide bonds. The van der Waals surface area contributed by atoms with E-state index < -0.39 is 0 Å². The summed E-state index contributed by atoms with van der Waals surface area (Å²) in [4.78, 5) is 15.8. The van der Waals surface area contributed by atoms with Crippen molar-refractivity contribution in [1.29, 1.82) is 0 Å². The number of hydrogen-bond acceptors (Lipinski definition) is 4. The summed E-state index contributed by atoms with van der Waals surface area (Å²) in [5, 5.41) is 7.30. The van der Waals surface area contributed by atoms with E-state index in [9.17, 15) is 4.79 Å². The summed E-state index contributed by atoms with van der Waals surface area (Å²) in [5.41, 5.74) is 0.244. The lowest BCUT2D eigenvalue weighted by molar-refractivity contribution is 0.648. The molecule has 0 saturated heterocycles. The van der Waals surface area contributed by atoms with Crippen molar-refractivity contribution in [2.45, 2.75) is 19.5 Å². The van der Waals surface area contributed by atoms with Gasteiger partial charge in [0, 0.05) is 25.5 Å². The lowest BCUT2D eigenvalue weighted by atomic mass is 10.4. The minimum atomic E-state index is -0.314. The number of aromatic nitrogens is 4. The van der Waals surface area contributed by atoms with E-state index in [1.54, 1.807) is 24.8 Å². The van der Waals surface area contributed by atoms with Gasteiger partial charge in [-0.15, -0.1) is 6.58 Å². The molecule has 2 heterocycles. The van der Waals surface area contributed by atoms with E-state index in [1.165, 1.54) is 4.68 Å². The molecule has 0 saturated carbocycles. The van der Waals surface area contributed by atoms with Gasteiger partial charge in [-0.05, 0) is 6.42 Å². The molecule has 0 spiro atoms. The van der Waals surface area contributed by atoms with E-state index in [-0.39, 0.29) is 10.6 Å². The Kier molecular flexibility index (Phi) is 4.95. The Morgan fingerprint density at radius 2 is 2.35 bits per heavy atom. The van der Waals surface area contributed by atoms with Gasteiger partial charge in [0.15, 0.2) is 0 Å². The van der Waals surface area contributed by atoms with Crippen molar-refractivity contribution in [2.24, 2.45) is 0 Å². The Labute approximate surface area is 121 Å². The van der Waals surface area contributed by atoms with Gasteiger partial charge in [-0.1, -0.05) is 17.7 Å². The van der Waals surface area contributed by atoms with Crippen molar-refractivity contribution >= 4 is 17.3 Å². The van der Waals surface area contributed by atoms with Gasteiger partial charge in [-0.25, -0.2) is 9.67 Å². The second-order valence-electron chi connectivity index (χ2n) is 4.23. The maximum absolute atomic E-state index is 11.9. The Morgan fingerprint density at radius 3 is 3.05 bits per heavy atom. The average Bonchev–Trinajstić information content (AvgIpc) is 2.95. The van der Waals surface area contributed by atoms with Crippen molar-refractivity contribution in [3.05, 3.63) is 52.9 Å². The normalized spacial score (nSPS) is 10.4. The summed E-state index contributed by atoms with van der Waals surface area (Å²) < 4.78 is 3.26. The zero-order chi connectivity index (χ0) is 14.4. The molecule has 0 aliphatic rings. The van der Waals surface area contributed by atoms with Crippen LogP contribution in [0.5, 0.6) is 0 Å². The number of nitrogens with one attached hydrogen (secondary N) is 1. The standard InChI is InChI=1S/C13H16ClN5O/c1-2-6-19-13(20)12(14)11(9-17-19)16-4-3-7-18-8-5-15-10-18/h2,5,8-10,16H,1,3-4,6-7H2. The molecule has 0 unspecified atom stereocenters. The van der Waals surface area contributed by atoms with Crippen LogP contribution in [-0.4, -0.2) is 25.9 Å². The molecule has 0 aliphatic carbocycles. The van der Waals surface area contributed by atoms with Gasteiger partial charge < -0.3 is 9.88 Å². The van der Waals surface area contributed by atoms with E-state index in [0.717, 1.165) is 13.0 Å². The number of hydrogen-bond donors (Lipinski definition) is 1. The van der Waals surface area contributed by atoms with Gasteiger partial charge >= 0.3 is 0 Å². The second kappa shape index (κ2) is 6.91. The monoisotopic (exact) mass is 293 g/mol. The van der Waals surface area contributed by atoms with Crippen LogP contribution >= 0.6 is 11.6 Å². The fourth-order valence-electron chi connectivity index (χ4n) is 1.74. The molecule has 0 bridgehead atoms. The van der Waals surface area contributed by atoms with E-state index >= 15 is 0 Å². The first-order chi connectivity index (χ1) is 9.72. The molecule has 0 aliphatic heterocycles. The SMILES string of the molecule is C=CCn1ncc(NCCCn2ccnc2)c(Cl)c1=O. The van der Waals surface area contributed by atoms with Gasteiger partial charge in [0.1, 0.15) is 5.02 Å². The van der Waals surface area contributed by atoms with Crippen LogP contribution in [0, 0.1) is 0 Å². The summed E-state index contributed by atoms with van der Waals surface area (Å²) in [6, 6.07) is 0. The Hall–Kier alpha value is -2.08. The quantitative estimate of drug-likeness (QED) is 0.624. The van der Waals surface area contributed by atoms with Crippen LogP contribution in [0.25, 0.3) is 0 Å². The molecule has 7 heteroatoms. The predicted octanol–water partition coefficient (Wildman–Crippen LogP) is 1.78. The van der Waals surface area contributed by atoms with Crippen LogP contribution < -0.4 is 10.9 Å². The van der Waals surface area contributed by atoms with Crippen molar-refractivity contribution in [3.63, 3.8) is 0 Å². The van der Waals surface area contributed by atoms with Crippen LogP contribution in [-0.2, 0) is 13.1 Å². The minimum absolute atomic E-state index is 0.157. The number of halogens is 1. The third-order valence-electron chi connectivity index (χ3n) is 2.75. The molecule has 2 aromatic rings. The fourth-order valence-corrected chi connectivity index (χ4v) is 1.96. The molecule has 2 aromatic heterocycles. The molecule has 0 aromatic carbocycles. The van der Waals surface area contributed by atoms with Gasteiger partial charge in [0.05, 0.1) is 24.8 Å². The molecule has 6 nitrogen and oxygen atoms in total. The average molecular weight is 294 g/mol. The van der Waals surface area contributed by atoms with Crippen LogP contribution in [0.15, 0.2) is 42.4 Å². The van der Waals surface area contributed by atoms with Gasteiger partial charge in [0.2, 0.25) is 0 Å². The van der Waals surface area contributed by atoms with Gasteiger partial charge in [0.25, 0.3) is 5.56 Å². The summed E-state index contributed by atoms with van der Waals surface area (Å²) in [6.45, 7) is 5.47. The van der Waals surface area contributed by atoms with Crippen molar-refractivity contribution in [2.75, 3.05) is 11.9 Å². The first-order valence-corrected chi connectivity index (χ1v) is 6.66. The largest absolute Gasteiger partial charge is 0.382 e. The first kappa shape index (κ1) is 14.3. The highest BCUT2D eigenvalue weighted by atomic mass is 35.5. The number of nitrogens with zero attached hydrogens (tertiary/aromatic N) is 4. The molecule has 0 radical (unpaired) electrons. The predicted molar refractivity (Wildman–Crippen MR) is 79.0 cm³/mol. The first-order valence-electron chi connectivity index (χ1n) is 6.28. The number of allylic oxidation sites excluding steroid dienone is 1. The summed E-state index contributed by atoms with van der Waals surface area (Å²) in [7, 11) is 0. The van der Waals surface area contributed by atoms with E-state index in [4.69, 9.17) is 11.6 Å². The Balaban J connectivity index is 1.91. The van der Waals surface area contributed by atoms with Crippen LogP contribution in [0.2, 0.25) is 5.02 Å². The molecular formula is C13H16ClN5O. The summed E-state index contributed by atoms with van der Waals surface area (Å²) >= 11 is 6.03. The maximum Gasteiger partial charge on any atom is 0.287 e. The fraction of sp³-hybridized carbons (Fsp3) is 0.308. The topological polar surface area (TPSA) is 64.7 Å². The second-order valence-corrected chi connectivity index (χ2v) is 4.61. The highest BCUT2D eigenvalue weighted by Crippen LogP contribution is 2.15. The molecule has 1 N–H and O–H groups in total. The van der Waals surface area contributed by atoms with E-state index in [1.807, 2.05) is 10.8 Å². The van der Waals surface area contributed by atoms with Crippen molar-refractivity contribution in [3.8, 4) is 0 Å². The summed E-state index contributed by atoms with van der Waals surface area (Å²) in [5.74, 6) is 0. The highest BCUT2D eigenvalue weighted by Gasteiger charge is 2.07. The minimum Gasteiger partial charge on any atom is -0.382 e. The molecule has 0 atom stereocenters. The number of imidazole rings is 1. The number of anilines is 1. The Bertz CT molecular complexity index is 620. The van der Waals surface area contributed by atoms with E-state index in [2.05, 4.69) is 22.0 Å². The Morgan fingerprint density at radius 1 is 1.50 bits per heavy atom. The van der Waals surface area contributed by atoms with Crippen LogP contribution in [0.3, 0.4) is 0 Å². The number of rotatable bonds is 7. The van der Waals surface area contributed by atoms with Gasteiger partial charge in [-0.2, -0.15) is 5.10 Å². The molecular weight excluding hydrogens is 278 g/mol. The molecule has 0 fully saturated rings. The third-order valence-corrected chi connectivity index (χ3v) is 3.12. The van der Waals surface area contributed by atoms with E-state index in [0.29, 0.717) is 18.8 Å². The van der Waals surface area contributed by atoms with Crippen LogP contribution in [0.4, 0.5) is 5.69 Å².